The molecule has 1 saturated heterocycles. The van der Waals surface area contributed by atoms with E-state index in [2.05, 4.69) is 10.1 Å². The van der Waals surface area contributed by atoms with Crippen molar-refractivity contribution in [3.05, 3.63) is 41.8 Å². The highest BCUT2D eigenvalue weighted by molar-refractivity contribution is 7.99. The first-order valence-electron chi connectivity index (χ1n) is 7.68. The zero-order valence-corrected chi connectivity index (χ0v) is 13.7. The van der Waals surface area contributed by atoms with Gasteiger partial charge in [0, 0.05) is 13.0 Å². The quantitative estimate of drug-likeness (QED) is 0.840. The van der Waals surface area contributed by atoms with Crippen molar-refractivity contribution >= 4 is 23.4 Å². The van der Waals surface area contributed by atoms with Gasteiger partial charge in [0.1, 0.15) is 5.82 Å². The van der Waals surface area contributed by atoms with E-state index in [4.69, 9.17) is 4.52 Å². The van der Waals surface area contributed by atoms with Crippen LogP contribution in [-0.4, -0.2) is 27.8 Å². The highest BCUT2D eigenvalue weighted by Crippen LogP contribution is 2.30. The minimum atomic E-state index is -0.365. The lowest BCUT2D eigenvalue weighted by Gasteiger charge is -2.32. The SMILES string of the molecule is CCc1noc(CSC2CCCN(c3ccccc3F)C2=O)n1. The molecule has 7 heteroatoms. The van der Waals surface area contributed by atoms with E-state index in [1.807, 2.05) is 6.92 Å². The van der Waals surface area contributed by atoms with E-state index in [1.54, 1.807) is 23.1 Å². The van der Waals surface area contributed by atoms with Gasteiger partial charge in [0.2, 0.25) is 11.8 Å². The van der Waals surface area contributed by atoms with Crippen LogP contribution in [0.1, 0.15) is 31.5 Å². The van der Waals surface area contributed by atoms with Crippen molar-refractivity contribution in [3.63, 3.8) is 0 Å². The molecule has 2 heterocycles. The van der Waals surface area contributed by atoms with Crippen molar-refractivity contribution in [1.82, 2.24) is 10.1 Å². The lowest BCUT2D eigenvalue weighted by molar-refractivity contribution is -0.119. The minimum absolute atomic E-state index is 0.0541. The Kier molecular flexibility index (Phi) is 4.95. The number of thioether (sulfide) groups is 1. The fourth-order valence-electron chi connectivity index (χ4n) is 2.57. The number of carbonyl (C=O) groups is 1. The van der Waals surface area contributed by atoms with Crippen LogP contribution in [0.15, 0.2) is 28.8 Å². The second-order valence-corrected chi connectivity index (χ2v) is 6.53. The number of halogens is 1. The van der Waals surface area contributed by atoms with E-state index >= 15 is 0 Å². The molecule has 1 aliphatic heterocycles. The molecule has 23 heavy (non-hydrogen) atoms. The summed E-state index contributed by atoms with van der Waals surface area (Å²) in [4.78, 5) is 18.4. The monoisotopic (exact) mass is 335 g/mol. The predicted octanol–water partition coefficient (Wildman–Crippen LogP) is 3.20. The molecule has 1 unspecified atom stereocenters. The summed E-state index contributed by atoms with van der Waals surface area (Å²) in [5, 5.41) is 3.64. The van der Waals surface area contributed by atoms with Gasteiger partial charge in [-0.3, -0.25) is 4.79 Å². The molecule has 3 rings (SSSR count). The third-order valence-electron chi connectivity index (χ3n) is 3.77. The number of rotatable bonds is 5. The van der Waals surface area contributed by atoms with Gasteiger partial charge in [-0.1, -0.05) is 24.2 Å². The number of aryl methyl sites for hydroxylation is 1. The topological polar surface area (TPSA) is 59.2 Å². The average Bonchev–Trinajstić information content (AvgIpc) is 3.03. The molecule has 1 aromatic carbocycles. The number of benzene rings is 1. The minimum Gasteiger partial charge on any atom is -0.338 e. The molecule has 1 fully saturated rings. The fraction of sp³-hybridized carbons (Fsp3) is 0.438. The molecule has 0 radical (unpaired) electrons. The molecule has 122 valence electrons. The number of hydrogen-bond donors (Lipinski definition) is 0. The Hall–Kier alpha value is -1.89. The Morgan fingerprint density at radius 2 is 2.26 bits per heavy atom. The van der Waals surface area contributed by atoms with Gasteiger partial charge < -0.3 is 9.42 Å². The average molecular weight is 335 g/mol. The van der Waals surface area contributed by atoms with E-state index in [9.17, 15) is 9.18 Å². The maximum Gasteiger partial charge on any atom is 0.240 e. The van der Waals surface area contributed by atoms with Gasteiger partial charge >= 0.3 is 0 Å². The summed E-state index contributed by atoms with van der Waals surface area (Å²) in [5.41, 5.74) is 0.355. The van der Waals surface area contributed by atoms with Crippen LogP contribution >= 0.6 is 11.8 Å². The van der Waals surface area contributed by atoms with Gasteiger partial charge in [0.05, 0.1) is 16.7 Å². The molecule has 0 bridgehead atoms. The standard InChI is InChI=1S/C16H18FN3O2S/c1-2-14-18-15(22-19-14)10-23-13-8-5-9-20(16(13)21)12-7-4-3-6-11(12)17/h3-4,6-7,13H,2,5,8-10H2,1H3. The number of carbonyl (C=O) groups excluding carboxylic acids is 1. The number of nitrogens with zero attached hydrogens (tertiary/aromatic N) is 3. The number of hydrogen-bond acceptors (Lipinski definition) is 5. The Morgan fingerprint density at radius 1 is 1.43 bits per heavy atom. The Morgan fingerprint density at radius 3 is 3.00 bits per heavy atom. The Balaban J connectivity index is 1.66. The first-order valence-corrected chi connectivity index (χ1v) is 8.73. The molecule has 1 atom stereocenters. The first-order chi connectivity index (χ1) is 11.2. The predicted molar refractivity (Wildman–Crippen MR) is 86.7 cm³/mol. The van der Waals surface area contributed by atoms with E-state index in [0.29, 0.717) is 29.7 Å². The maximum atomic E-state index is 13.9. The normalized spacial score (nSPS) is 18.4. The summed E-state index contributed by atoms with van der Waals surface area (Å²) in [7, 11) is 0. The van der Waals surface area contributed by atoms with Crippen LogP contribution in [0.2, 0.25) is 0 Å². The zero-order valence-electron chi connectivity index (χ0n) is 12.9. The second-order valence-electron chi connectivity index (χ2n) is 5.34. The van der Waals surface area contributed by atoms with Crippen LogP contribution in [0, 0.1) is 5.82 Å². The second kappa shape index (κ2) is 7.12. The lowest BCUT2D eigenvalue weighted by Crippen LogP contribution is -2.43. The zero-order chi connectivity index (χ0) is 16.2. The van der Waals surface area contributed by atoms with E-state index in [-0.39, 0.29) is 17.0 Å². The van der Waals surface area contributed by atoms with Crippen LogP contribution in [0.5, 0.6) is 0 Å². The molecule has 0 saturated carbocycles. The van der Waals surface area contributed by atoms with E-state index in [1.165, 1.54) is 17.8 Å². The van der Waals surface area contributed by atoms with Gasteiger partial charge in [-0.2, -0.15) is 4.98 Å². The summed E-state index contributed by atoms with van der Waals surface area (Å²) in [6, 6.07) is 6.39. The molecule has 1 amide bonds. The van der Waals surface area contributed by atoms with Gasteiger partial charge in [0.15, 0.2) is 5.82 Å². The van der Waals surface area contributed by atoms with Gasteiger partial charge in [-0.15, -0.1) is 11.8 Å². The van der Waals surface area contributed by atoms with Crippen LogP contribution in [0.3, 0.4) is 0 Å². The highest BCUT2D eigenvalue weighted by atomic mass is 32.2. The van der Waals surface area contributed by atoms with Crippen LogP contribution in [0.25, 0.3) is 0 Å². The first kappa shape index (κ1) is 16.0. The molecular weight excluding hydrogens is 317 g/mol. The van der Waals surface area contributed by atoms with Crippen LogP contribution in [-0.2, 0) is 17.0 Å². The molecular formula is C16H18FN3O2S. The van der Waals surface area contributed by atoms with Crippen LogP contribution in [0.4, 0.5) is 10.1 Å². The number of para-hydroxylation sites is 1. The Bertz CT molecular complexity index is 691. The molecule has 1 aliphatic rings. The van der Waals surface area contributed by atoms with Gasteiger partial charge in [-0.25, -0.2) is 4.39 Å². The highest BCUT2D eigenvalue weighted by Gasteiger charge is 2.31. The Labute approximate surface area is 138 Å². The van der Waals surface area contributed by atoms with Crippen molar-refractivity contribution in [2.24, 2.45) is 0 Å². The number of amides is 1. The van der Waals surface area contributed by atoms with E-state index < -0.39 is 0 Å². The summed E-state index contributed by atoms with van der Waals surface area (Å²) >= 11 is 1.48. The van der Waals surface area contributed by atoms with Crippen molar-refractivity contribution in [2.45, 2.75) is 37.2 Å². The van der Waals surface area contributed by atoms with Crippen LogP contribution < -0.4 is 4.90 Å². The fourth-order valence-corrected chi connectivity index (χ4v) is 3.64. The number of anilines is 1. The molecule has 1 aromatic heterocycles. The maximum absolute atomic E-state index is 13.9. The number of piperidine rings is 1. The molecule has 0 spiro atoms. The van der Waals surface area contributed by atoms with E-state index in [0.717, 1.165) is 19.3 Å². The van der Waals surface area contributed by atoms with Crippen molar-refractivity contribution < 1.29 is 13.7 Å². The summed E-state index contributed by atoms with van der Waals surface area (Å²) < 4.78 is 19.1. The lowest BCUT2D eigenvalue weighted by atomic mass is 10.1. The third kappa shape index (κ3) is 3.55. The number of aromatic nitrogens is 2. The smallest absolute Gasteiger partial charge is 0.240 e. The van der Waals surface area contributed by atoms with Crippen molar-refractivity contribution in [2.75, 3.05) is 11.4 Å². The summed E-state index contributed by atoms with van der Waals surface area (Å²) in [5.74, 6) is 1.28. The third-order valence-corrected chi connectivity index (χ3v) is 5.02. The largest absolute Gasteiger partial charge is 0.338 e. The summed E-state index contributed by atoms with van der Waals surface area (Å²) in [6.45, 7) is 2.51. The van der Waals surface area contributed by atoms with Gasteiger partial charge in [-0.05, 0) is 25.0 Å². The van der Waals surface area contributed by atoms with Crippen molar-refractivity contribution in [1.29, 1.82) is 0 Å². The molecule has 5 nitrogen and oxygen atoms in total. The molecule has 0 aliphatic carbocycles. The summed E-state index contributed by atoms with van der Waals surface area (Å²) in [6.07, 6.45) is 2.35. The molecule has 0 N–H and O–H groups in total. The van der Waals surface area contributed by atoms with Gasteiger partial charge in [0.25, 0.3) is 0 Å². The molecule has 2 aromatic rings. The van der Waals surface area contributed by atoms with Crippen molar-refractivity contribution in [3.8, 4) is 0 Å².